The van der Waals surface area contributed by atoms with Crippen LogP contribution in [0.5, 0.6) is 0 Å². The average Bonchev–Trinajstić information content (AvgIpc) is 3.18. The zero-order valence-corrected chi connectivity index (χ0v) is 20.8. The fraction of sp³-hybridized carbons (Fsp3) is 0.357. The summed E-state index contributed by atoms with van der Waals surface area (Å²) < 4.78 is 0. The van der Waals surface area contributed by atoms with Gasteiger partial charge in [-0.25, -0.2) is 4.98 Å². The molecule has 7 nitrogen and oxygen atoms in total. The highest BCUT2D eigenvalue weighted by molar-refractivity contribution is 6.05. The quantitative estimate of drug-likeness (QED) is 0.524. The van der Waals surface area contributed by atoms with Gasteiger partial charge in [0.25, 0.3) is 0 Å². The summed E-state index contributed by atoms with van der Waals surface area (Å²) in [7, 11) is 0. The highest BCUT2D eigenvalue weighted by Gasteiger charge is 2.44. The normalized spacial score (nSPS) is 17.1. The zero-order chi connectivity index (χ0) is 25.2. The van der Waals surface area contributed by atoms with Gasteiger partial charge in [0.05, 0.1) is 11.1 Å². The Morgan fingerprint density at radius 1 is 1.11 bits per heavy atom. The number of H-pyrrole nitrogens is 1. The third-order valence-electron chi connectivity index (χ3n) is 6.72. The van der Waals surface area contributed by atoms with E-state index in [0.29, 0.717) is 37.3 Å². The summed E-state index contributed by atoms with van der Waals surface area (Å²) in [6.45, 7) is 8.49. The maximum atomic E-state index is 13.6. The van der Waals surface area contributed by atoms with Crippen molar-refractivity contribution in [2.75, 3.05) is 18.4 Å². The Hall–Kier alpha value is -3.74. The first kappa shape index (κ1) is 24.4. The average molecular weight is 473 g/mol. The fourth-order valence-electron chi connectivity index (χ4n) is 5.06. The second-order valence-electron chi connectivity index (χ2n) is 9.42. The molecule has 2 N–H and O–H groups in total. The van der Waals surface area contributed by atoms with Gasteiger partial charge >= 0.3 is 0 Å². The largest absolute Gasteiger partial charge is 0.358 e. The zero-order valence-electron chi connectivity index (χ0n) is 20.8. The number of hydrogen-bond donors (Lipinski definition) is 2. The van der Waals surface area contributed by atoms with Crippen LogP contribution in [0, 0.1) is 5.41 Å². The predicted octanol–water partition coefficient (Wildman–Crippen LogP) is 4.63. The summed E-state index contributed by atoms with van der Waals surface area (Å²) in [6.07, 6.45) is 2.87. The van der Waals surface area contributed by atoms with Gasteiger partial charge in [-0.1, -0.05) is 30.3 Å². The number of pyridine rings is 1. The number of carbonyl (C=O) groups excluding carboxylic acids is 3. The van der Waals surface area contributed by atoms with Crippen molar-refractivity contribution < 1.29 is 14.4 Å². The molecule has 1 atom stereocenters. The van der Waals surface area contributed by atoms with Gasteiger partial charge in [0.2, 0.25) is 11.8 Å². The van der Waals surface area contributed by atoms with Gasteiger partial charge in [-0.15, -0.1) is 0 Å². The van der Waals surface area contributed by atoms with Crippen LogP contribution >= 0.6 is 0 Å². The van der Waals surface area contributed by atoms with E-state index in [0.717, 1.165) is 28.1 Å². The number of benzene rings is 1. The van der Waals surface area contributed by atoms with Crippen LogP contribution in [0.3, 0.4) is 0 Å². The fourth-order valence-corrected chi connectivity index (χ4v) is 5.06. The van der Waals surface area contributed by atoms with Crippen LogP contribution in [0.1, 0.15) is 61.3 Å². The highest BCUT2D eigenvalue weighted by atomic mass is 16.2. The number of anilines is 1. The van der Waals surface area contributed by atoms with Crippen LogP contribution in [0.2, 0.25) is 0 Å². The van der Waals surface area contributed by atoms with E-state index in [-0.39, 0.29) is 24.0 Å². The molecule has 0 saturated heterocycles. The predicted molar refractivity (Wildman–Crippen MR) is 136 cm³/mol. The molecule has 182 valence electrons. The Kier molecular flexibility index (Phi) is 6.87. The molecule has 3 aromatic rings. The number of aromatic nitrogens is 2. The molecule has 0 saturated carbocycles. The van der Waals surface area contributed by atoms with Crippen LogP contribution in [0.15, 0.2) is 48.7 Å². The lowest BCUT2D eigenvalue weighted by Gasteiger charge is -2.35. The van der Waals surface area contributed by atoms with Crippen molar-refractivity contribution in [3.8, 4) is 11.3 Å². The molecule has 2 aromatic heterocycles. The Bertz CT molecular complexity index is 1260. The lowest BCUT2D eigenvalue weighted by molar-refractivity contribution is -0.141. The van der Waals surface area contributed by atoms with Gasteiger partial charge in [-0.3, -0.25) is 14.4 Å². The van der Waals surface area contributed by atoms with Crippen LogP contribution in [0.4, 0.5) is 5.82 Å². The van der Waals surface area contributed by atoms with Gasteiger partial charge in [0, 0.05) is 62.3 Å². The minimum absolute atomic E-state index is 0.0131. The molecule has 1 unspecified atom stereocenters. The van der Waals surface area contributed by atoms with Gasteiger partial charge in [0.15, 0.2) is 5.78 Å². The van der Waals surface area contributed by atoms with Crippen molar-refractivity contribution in [3.05, 3.63) is 71.0 Å². The Balaban J connectivity index is 1.82. The Labute approximate surface area is 206 Å². The van der Waals surface area contributed by atoms with Crippen molar-refractivity contribution in [2.24, 2.45) is 5.41 Å². The van der Waals surface area contributed by atoms with E-state index in [2.05, 4.69) is 15.3 Å². The minimum Gasteiger partial charge on any atom is -0.358 e. The first-order valence-corrected chi connectivity index (χ1v) is 12.1. The molecular formula is C28H32N4O3. The standard InChI is InChI=1S/C28H32N4O3/c1-5-32(6-2)27(35)28(4)16-22-25(23(34)17-28)21(14-19-10-8-7-9-11-19)26(31-22)20-12-13-29-24(15-20)30-18(3)33/h7-13,15,31H,5-6,14,16-17H2,1-4H3,(H,29,30,33). The van der Waals surface area contributed by atoms with Gasteiger partial charge in [-0.2, -0.15) is 0 Å². The highest BCUT2D eigenvalue weighted by Crippen LogP contribution is 2.41. The van der Waals surface area contributed by atoms with Crippen LogP contribution < -0.4 is 5.32 Å². The summed E-state index contributed by atoms with van der Waals surface area (Å²) in [5.41, 5.74) is 4.34. The molecule has 35 heavy (non-hydrogen) atoms. The monoisotopic (exact) mass is 472 g/mol. The van der Waals surface area contributed by atoms with Gasteiger partial charge in [0.1, 0.15) is 5.82 Å². The molecule has 2 amide bonds. The molecule has 0 spiro atoms. The third-order valence-corrected chi connectivity index (χ3v) is 6.72. The third kappa shape index (κ3) is 4.90. The maximum Gasteiger partial charge on any atom is 0.229 e. The molecule has 1 aliphatic carbocycles. The summed E-state index contributed by atoms with van der Waals surface area (Å²) in [6, 6.07) is 13.7. The van der Waals surface area contributed by atoms with Crippen molar-refractivity contribution >= 4 is 23.4 Å². The number of hydrogen-bond acceptors (Lipinski definition) is 4. The minimum atomic E-state index is -0.790. The van der Waals surface area contributed by atoms with Crippen molar-refractivity contribution in [1.82, 2.24) is 14.9 Å². The van der Waals surface area contributed by atoms with E-state index in [4.69, 9.17) is 0 Å². The van der Waals surface area contributed by atoms with E-state index >= 15 is 0 Å². The number of Topliss-reactive ketones (excluding diaryl/α,β-unsaturated/α-hetero) is 1. The maximum absolute atomic E-state index is 13.6. The molecule has 4 rings (SSSR count). The van der Waals surface area contributed by atoms with E-state index in [9.17, 15) is 14.4 Å². The summed E-state index contributed by atoms with van der Waals surface area (Å²) in [5.74, 6) is 0.241. The number of amides is 2. The number of nitrogens with one attached hydrogen (secondary N) is 2. The molecule has 0 bridgehead atoms. The van der Waals surface area contributed by atoms with E-state index < -0.39 is 5.41 Å². The number of ketones is 1. The summed E-state index contributed by atoms with van der Waals surface area (Å²) in [4.78, 5) is 48.1. The van der Waals surface area contributed by atoms with Crippen LogP contribution in [0.25, 0.3) is 11.3 Å². The van der Waals surface area contributed by atoms with Crippen LogP contribution in [-0.4, -0.2) is 45.6 Å². The first-order chi connectivity index (χ1) is 16.8. The molecule has 2 heterocycles. The molecule has 0 radical (unpaired) electrons. The molecule has 0 fully saturated rings. The Morgan fingerprint density at radius 3 is 2.49 bits per heavy atom. The lowest BCUT2D eigenvalue weighted by atomic mass is 9.72. The van der Waals surface area contributed by atoms with Crippen LogP contribution in [-0.2, 0) is 22.4 Å². The van der Waals surface area contributed by atoms with Gasteiger partial charge in [-0.05, 0) is 44.0 Å². The number of carbonyl (C=O) groups is 3. The number of fused-ring (bicyclic) bond motifs is 1. The molecule has 1 aromatic carbocycles. The summed E-state index contributed by atoms with van der Waals surface area (Å²) in [5, 5.41) is 2.73. The second-order valence-corrected chi connectivity index (χ2v) is 9.42. The smallest absolute Gasteiger partial charge is 0.229 e. The summed E-state index contributed by atoms with van der Waals surface area (Å²) >= 11 is 0. The molecular weight excluding hydrogens is 440 g/mol. The molecule has 1 aliphatic rings. The van der Waals surface area contributed by atoms with E-state index in [1.165, 1.54) is 6.92 Å². The van der Waals surface area contributed by atoms with Crippen molar-refractivity contribution in [2.45, 2.75) is 47.0 Å². The topological polar surface area (TPSA) is 95.2 Å². The van der Waals surface area contributed by atoms with E-state index in [1.807, 2.05) is 57.2 Å². The molecule has 0 aliphatic heterocycles. The van der Waals surface area contributed by atoms with Gasteiger partial charge < -0.3 is 15.2 Å². The number of aromatic amines is 1. The van der Waals surface area contributed by atoms with E-state index in [1.54, 1.807) is 17.2 Å². The van der Waals surface area contributed by atoms with Crippen molar-refractivity contribution in [3.63, 3.8) is 0 Å². The molecule has 7 heteroatoms. The first-order valence-electron chi connectivity index (χ1n) is 12.1. The van der Waals surface area contributed by atoms with Crippen molar-refractivity contribution in [1.29, 1.82) is 0 Å². The second kappa shape index (κ2) is 9.86. The number of rotatable bonds is 7. The number of nitrogens with zero attached hydrogens (tertiary/aromatic N) is 2. The Morgan fingerprint density at radius 2 is 1.83 bits per heavy atom. The SMILES string of the molecule is CCN(CC)C(=O)C1(C)CC(=O)c2c([nH]c(-c3ccnc(NC(C)=O)c3)c2Cc2ccccc2)C1. The lowest BCUT2D eigenvalue weighted by Crippen LogP contribution is -2.46.